The zero-order valence-corrected chi connectivity index (χ0v) is 17.6. The molecule has 150 valence electrons. The molecule has 6 nitrogen and oxygen atoms in total. The Bertz CT molecular complexity index is 947. The van der Waals surface area contributed by atoms with Gasteiger partial charge in [0.25, 0.3) is 0 Å². The molecule has 29 heavy (non-hydrogen) atoms. The molecule has 1 heterocycles. The molecule has 3 rings (SSSR count). The number of nitrogens with one attached hydrogen (secondary N) is 2. The lowest BCUT2D eigenvalue weighted by Gasteiger charge is -2.11. The number of aryl methyl sites for hydroxylation is 1. The second-order valence-corrected chi connectivity index (χ2v) is 7.62. The van der Waals surface area contributed by atoms with Crippen LogP contribution in [0, 0.1) is 6.92 Å². The minimum atomic E-state index is 0.549. The van der Waals surface area contributed by atoms with E-state index in [9.17, 15) is 0 Å². The molecule has 0 unspecified atom stereocenters. The Labute approximate surface area is 176 Å². The SMILES string of the molecule is C=CCNC(=NCc1ccc(Sc2ccccc2)cc1)NCc1nnc(C)n1C. The summed E-state index contributed by atoms with van der Waals surface area (Å²) in [6.45, 7) is 7.46. The highest BCUT2D eigenvalue weighted by Crippen LogP contribution is 2.27. The van der Waals surface area contributed by atoms with Gasteiger partial charge >= 0.3 is 0 Å². The molecule has 0 spiro atoms. The lowest BCUT2D eigenvalue weighted by molar-refractivity contribution is 0.721. The Hall–Kier alpha value is -3.06. The van der Waals surface area contributed by atoms with Crippen LogP contribution in [-0.2, 0) is 20.1 Å². The minimum Gasteiger partial charge on any atom is -0.353 e. The molecule has 7 heteroatoms. The predicted octanol–water partition coefficient (Wildman–Crippen LogP) is 3.70. The van der Waals surface area contributed by atoms with Crippen molar-refractivity contribution in [3.63, 3.8) is 0 Å². The third-order valence-corrected chi connectivity index (χ3v) is 5.35. The first-order chi connectivity index (χ1) is 14.2. The molecular formula is C22H26N6S. The fraction of sp³-hybridized carbons (Fsp3) is 0.227. The van der Waals surface area contributed by atoms with E-state index in [-0.39, 0.29) is 0 Å². The van der Waals surface area contributed by atoms with Gasteiger partial charge in [-0.2, -0.15) is 0 Å². The minimum absolute atomic E-state index is 0.549. The molecule has 0 aliphatic carbocycles. The van der Waals surface area contributed by atoms with E-state index in [2.05, 4.69) is 80.9 Å². The summed E-state index contributed by atoms with van der Waals surface area (Å²) in [5.74, 6) is 2.46. The lowest BCUT2D eigenvalue weighted by Crippen LogP contribution is -2.37. The first-order valence-electron chi connectivity index (χ1n) is 9.45. The second-order valence-electron chi connectivity index (χ2n) is 6.47. The van der Waals surface area contributed by atoms with Gasteiger partial charge in [-0.15, -0.1) is 16.8 Å². The van der Waals surface area contributed by atoms with E-state index < -0.39 is 0 Å². The van der Waals surface area contributed by atoms with Crippen LogP contribution >= 0.6 is 11.8 Å². The van der Waals surface area contributed by atoms with Gasteiger partial charge in [0.15, 0.2) is 11.8 Å². The van der Waals surface area contributed by atoms with Crippen molar-refractivity contribution in [1.82, 2.24) is 25.4 Å². The molecule has 1 aromatic heterocycles. The van der Waals surface area contributed by atoms with Crippen molar-refractivity contribution in [1.29, 1.82) is 0 Å². The lowest BCUT2D eigenvalue weighted by atomic mass is 10.2. The summed E-state index contributed by atoms with van der Waals surface area (Å²) in [6.07, 6.45) is 1.80. The van der Waals surface area contributed by atoms with Crippen molar-refractivity contribution in [3.05, 3.63) is 84.5 Å². The fourth-order valence-corrected chi connectivity index (χ4v) is 3.41. The molecule has 2 aromatic carbocycles. The summed E-state index contributed by atoms with van der Waals surface area (Å²) in [7, 11) is 1.95. The van der Waals surface area contributed by atoms with Crippen LogP contribution in [0.1, 0.15) is 17.2 Å². The third kappa shape index (κ3) is 6.22. The topological polar surface area (TPSA) is 67.1 Å². The quantitative estimate of drug-likeness (QED) is 0.339. The van der Waals surface area contributed by atoms with Crippen molar-refractivity contribution in [2.24, 2.45) is 12.0 Å². The standard InChI is InChI=1S/C22H26N6S/c1-4-14-23-22(25-16-21-27-26-17(2)28(21)3)24-15-18-10-12-20(13-11-18)29-19-8-6-5-7-9-19/h4-13H,1,14-16H2,2-3H3,(H2,23,24,25). The fourth-order valence-electron chi connectivity index (χ4n) is 2.57. The molecule has 0 saturated carbocycles. The summed E-state index contributed by atoms with van der Waals surface area (Å²) in [5, 5.41) is 14.8. The maximum atomic E-state index is 4.68. The summed E-state index contributed by atoms with van der Waals surface area (Å²) >= 11 is 1.75. The number of aromatic nitrogens is 3. The molecule has 2 N–H and O–H groups in total. The van der Waals surface area contributed by atoms with Gasteiger partial charge in [0.2, 0.25) is 0 Å². The summed E-state index contributed by atoms with van der Waals surface area (Å²) < 4.78 is 1.96. The highest BCUT2D eigenvalue weighted by molar-refractivity contribution is 7.99. The highest BCUT2D eigenvalue weighted by Gasteiger charge is 2.06. The summed E-state index contributed by atoms with van der Waals surface area (Å²) in [6, 6.07) is 18.9. The first kappa shape index (κ1) is 20.7. The van der Waals surface area contributed by atoms with E-state index in [1.807, 2.05) is 24.6 Å². The van der Waals surface area contributed by atoms with Crippen LogP contribution in [0.3, 0.4) is 0 Å². The number of hydrogen-bond donors (Lipinski definition) is 2. The van der Waals surface area contributed by atoms with E-state index in [4.69, 9.17) is 0 Å². The highest BCUT2D eigenvalue weighted by atomic mass is 32.2. The van der Waals surface area contributed by atoms with E-state index >= 15 is 0 Å². The van der Waals surface area contributed by atoms with Gasteiger partial charge in [-0.1, -0.05) is 48.2 Å². The Morgan fingerprint density at radius 3 is 2.45 bits per heavy atom. The normalized spacial score (nSPS) is 11.3. The predicted molar refractivity (Wildman–Crippen MR) is 119 cm³/mol. The molecule has 0 aliphatic rings. The van der Waals surface area contributed by atoms with Crippen LogP contribution in [-0.4, -0.2) is 27.3 Å². The molecule has 3 aromatic rings. The summed E-state index contributed by atoms with van der Waals surface area (Å²) in [4.78, 5) is 7.13. The number of nitrogens with zero attached hydrogens (tertiary/aromatic N) is 4. The number of benzene rings is 2. The van der Waals surface area contributed by atoms with E-state index in [1.165, 1.54) is 9.79 Å². The number of hydrogen-bond acceptors (Lipinski definition) is 4. The zero-order valence-electron chi connectivity index (χ0n) is 16.8. The average Bonchev–Trinajstić information content (AvgIpc) is 3.07. The van der Waals surface area contributed by atoms with Crippen molar-refractivity contribution >= 4 is 17.7 Å². The van der Waals surface area contributed by atoms with E-state index in [0.29, 0.717) is 25.6 Å². The summed E-state index contributed by atoms with van der Waals surface area (Å²) in [5.41, 5.74) is 1.15. The first-order valence-corrected chi connectivity index (χ1v) is 10.3. The molecular weight excluding hydrogens is 380 g/mol. The average molecular weight is 407 g/mol. The van der Waals surface area contributed by atoms with Crippen LogP contribution in [0.25, 0.3) is 0 Å². The molecule has 0 fully saturated rings. The van der Waals surface area contributed by atoms with Gasteiger partial charge in [-0.05, 0) is 36.8 Å². The van der Waals surface area contributed by atoms with Crippen molar-refractivity contribution in [2.75, 3.05) is 6.54 Å². The second kappa shape index (κ2) is 10.5. The van der Waals surface area contributed by atoms with Crippen LogP contribution in [0.5, 0.6) is 0 Å². The Kier molecular flexibility index (Phi) is 7.47. The van der Waals surface area contributed by atoms with Gasteiger partial charge in [0.05, 0.1) is 13.1 Å². The molecule has 0 amide bonds. The van der Waals surface area contributed by atoms with Gasteiger partial charge in [0.1, 0.15) is 5.82 Å². The van der Waals surface area contributed by atoms with Crippen LogP contribution in [0.15, 0.2) is 82.0 Å². The molecule has 0 saturated heterocycles. The van der Waals surface area contributed by atoms with Gasteiger partial charge < -0.3 is 15.2 Å². The largest absolute Gasteiger partial charge is 0.353 e. The molecule has 0 radical (unpaired) electrons. The Morgan fingerprint density at radius 2 is 1.79 bits per heavy atom. The van der Waals surface area contributed by atoms with Crippen LogP contribution in [0.2, 0.25) is 0 Å². The Morgan fingerprint density at radius 1 is 1.07 bits per heavy atom. The Balaban J connectivity index is 1.60. The van der Waals surface area contributed by atoms with E-state index in [1.54, 1.807) is 17.8 Å². The number of guanidine groups is 1. The monoisotopic (exact) mass is 406 g/mol. The van der Waals surface area contributed by atoms with Crippen molar-refractivity contribution in [3.8, 4) is 0 Å². The molecule has 0 aliphatic heterocycles. The van der Waals surface area contributed by atoms with Gasteiger partial charge in [-0.25, -0.2) is 4.99 Å². The van der Waals surface area contributed by atoms with Crippen LogP contribution in [0.4, 0.5) is 0 Å². The van der Waals surface area contributed by atoms with E-state index in [0.717, 1.165) is 17.2 Å². The maximum Gasteiger partial charge on any atom is 0.192 e. The molecule has 0 bridgehead atoms. The smallest absolute Gasteiger partial charge is 0.192 e. The van der Waals surface area contributed by atoms with Crippen molar-refractivity contribution in [2.45, 2.75) is 29.8 Å². The number of aliphatic imine (C=N–C) groups is 1. The maximum absolute atomic E-state index is 4.68. The van der Waals surface area contributed by atoms with Crippen molar-refractivity contribution < 1.29 is 0 Å². The third-order valence-electron chi connectivity index (χ3n) is 4.33. The molecule has 0 atom stereocenters. The van der Waals surface area contributed by atoms with Gasteiger partial charge in [-0.3, -0.25) is 0 Å². The number of rotatable bonds is 8. The van der Waals surface area contributed by atoms with Gasteiger partial charge in [0, 0.05) is 23.4 Å². The zero-order chi connectivity index (χ0) is 20.5. The van der Waals surface area contributed by atoms with Crippen LogP contribution < -0.4 is 10.6 Å².